The summed E-state index contributed by atoms with van der Waals surface area (Å²) in [5.41, 5.74) is 2.97. The van der Waals surface area contributed by atoms with E-state index >= 15 is 0 Å². The second-order valence-corrected chi connectivity index (χ2v) is 11.2. The third-order valence-corrected chi connectivity index (χ3v) is 7.71. The number of nitrogens with zero attached hydrogens (tertiary/aromatic N) is 1. The largest absolute Gasteiger partial charge is 1.00 e. The maximum absolute atomic E-state index is 12.3. The molecule has 1 aliphatic carbocycles. The third kappa shape index (κ3) is 7.28. The summed E-state index contributed by atoms with van der Waals surface area (Å²) in [6, 6.07) is 9.49. The molecular weight excluding hydrogens is 577 g/mol. The SMILES string of the molecule is CC1=CC(=O)C=C/C1=C(/c1ccc(O[C@@H]2O[C@H](CO)[C@@H](O)[C@H](O)[C@H]2N=C(C)[O-])cc1C)c1ccccc1S(=O)(=O)O.[Na+]. The minimum atomic E-state index is -4.62. The van der Waals surface area contributed by atoms with Crippen LogP contribution < -0.4 is 39.4 Å². The van der Waals surface area contributed by atoms with Crippen molar-refractivity contribution in [1.82, 2.24) is 0 Å². The minimum Gasteiger partial charge on any atom is -0.862 e. The van der Waals surface area contributed by atoms with Gasteiger partial charge in [0.2, 0.25) is 6.29 Å². The van der Waals surface area contributed by atoms with Crippen LogP contribution in [0.2, 0.25) is 0 Å². The molecule has 0 aromatic heterocycles. The number of aliphatic hydroxyl groups excluding tert-OH is 3. The summed E-state index contributed by atoms with van der Waals surface area (Å²) in [6.45, 7) is 4.02. The number of ketones is 1. The topological polar surface area (TPSA) is 186 Å². The predicted molar refractivity (Wildman–Crippen MR) is 147 cm³/mol. The number of hydrogen-bond acceptors (Lipinski definition) is 10. The van der Waals surface area contributed by atoms with E-state index in [4.69, 9.17) is 9.47 Å². The molecular formula is C29H30NNaO10S. The van der Waals surface area contributed by atoms with Crippen molar-refractivity contribution in [3.63, 3.8) is 0 Å². The van der Waals surface area contributed by atoms with Crippen molar-refractivity contribution in [3.05, 3.63) is 88.5 Å². The molecule has 0 amide bonds. The van der Waals surface area contributed by atoms with Gasteiger partial charge in [-0.3, -0.25) is 14.3 Å². The van der Waals surface area contributed by atoms with E-state index in [1.165, 1.54) is 31.2 Å². The summed E-state index contributed by atoms with van der Waals surface area (Å²) < 4.78 is 46.1. The van der Waals surface area contributed by atoms with Crippen molar-refractivity contribution in [3.8, 4) is 5.75 Å². The van der Waals surface area contributed by atoms with Crippen LogP contribution in [0.5, 0.6) is 5.75 Å². The van der Waals surface area contributed by atoms with Crippen molar-refractivity contribution in [2.24, 2.45) is 4.99 Å². The summed E-state index contributed by atoms with van der Waals surface area (Å²) in [6.07, 6.45) is -1.17. The number of benzene rings is 2. The van der Waals surface area contributed by atoms with Crippen molar-refractivity contribution in [1.29, 1.82) is 0 Å². The molecule has 42 heavy (non-hydrogen) atoms. The number of aliphatic imine (C=N–C) groups is 1. The van der Waals surface area contributed by atoms with Gasteiger partial charge in [-0.05, 0) is 84.9 Å². The number of aryl methyl sites for hydroxylation is 1. The number of hydrogen-bond donors (Lipinski definition) is 4. The Balaban J connectivity index is 0.00000484. The fourth-order valence-corrected chi connectivity index (χ4v) is 5.58. The average molecular weight is 608 g/mol. The Morgan fingerprint density at radius 2 is 1.76 bits per heavy atom. The first-order valence-corrected chi connectivity index (χ1v) is 14.1. The van der Waals surface area contributed by atoms with Crippen molar-refractivity contribution in [2.45, 2.75) is 56.3 Å². The Morgan fingerprint density at radius 1 is 1.07 bits per heavy atom. The molecule has 218 valence electrons. The number of carbonyl (C=O) groups excluding carboxylic acids is 1. The molecule has 0 saturated carbocycles. The van der Waals surface area contributed by atoms with Gasteiger partial charge in [0.1, 0.15) is 35.0 Å². The van der Waals surface area contributed by atoms with Gasteiger partial charge in [0.15, 0.2) is 5.78 Å². The van der Waals surface area contributed by atoms with Crippen molar-refractivity contribution < 1.29 is 77.2 Å². The fraction of sp³-hybridized carbons (Fsp3) is 0.310. The molecule has 1 fully saturated rings. The molecule has 0 spiro atoms. The van der Waals surface area contributed by atoms with Gasteiger partial charge in [-0.1, -0.05) is 30.3 Å². The first-order chi connectivity index (χ1) is 19.3. The molecule has 13 heteroatoms. The molecule has 0 unspecified atom stereocenters. The van der Waals surface area contributed by atoms with Crippen molar-refractivity contribution >= 4 is 27.4 Å². The maximum atomic E-state index is 12.3. The van der Waals surface area contributed by atoms with Gasteiger partial charge >= 0.3 is 29.6 Å². The van der Waals surface area contributed by atoms with E-state index in [1.54, 1.807) is 50.3 Å². The zero-order valence-corrected chi connectivity index (χ0v) is 26.3. The maximum Gasteiger partial charge on any atom is 1.00 e. The Labute approximate surface area is 265 Å². The summed E-state index contributed by atoms with van der Waals surface area (Å²) in [7, 11) is -4.62. The third-order valence-electron chi connectivity index (χ3n) is 6.80. The first kappa shape index (κ1) is 33.8. The number of ether oxygens (including phenoxy) is 2. The molecule has 4 N–H and O–H groups in total. The molecule has 2 aromatic rings. The van der Waals surface area contributed by atoms with Crippen LogP contribution in [-0.4, -0.2) is 77.2 Å². The van der Waals surface area contributed by atoms with Crippen LogP contribution >= 0.6 is 0 Å². The van der Waals surface area contributed by atoms with Gasteiger partial charge in [0.05, 0.1) is 6.61 Å². The quantitative estimate of drug-likeness (QED) is 0.120. The Bertz CT molecular complexity index is 1580. The van der Waals surface area contributed by atoms with Crippen LogP contribution in [0.25, 0.3) is 5.57 Å². The fourth-order valence-electron chi connectivity index (χ4n) is 4.89. The monoisotopic (exact) mass is 607 g/mol. The molecule has 1 aliphatic heterocycles. The normalized spacial score (nSPS) is 25.9. The van der Waals surface area contributed by atoms with Crippen LogP contribution in [0.1, 0.15) is 30.5 Å². The minimum absolute atomic E-state index is 0. The Morgan fingerprint density at radius 3 is 2.36 bits per heavy atom. The van der Waals surface area contributed by atoms with E-state index in [1.807, 2.05) is 0 Å². The van der Waals surface area contributed by atoms with Crippen molar-refractivity contribution in [2.75, 3.05) is 6.61 Å². The van der Waals surface area contributed by atoms with Crippen LogP contribution in [0.4, 0.5) is 0 Å². The van der Waals surface area contributed by atoms with Gasteiger partial charge in [0.25, 0.3) is 10.1 Å². The van der Waals surface area contributed by atoms with Gasteiger partial charge in [-0.15, -0.1) is 0 Å². The molecule has 4 rings (SSSR count). The number of rotatable bonds is 7. The van der Waals surface area contributed by atoms with E-state index in [0.29, 0.717) is 27.8 Å². The van der Waals surface area contributed by atoms with Crippen LogP contribution in [0.15, 0.2) is 81.7 Å². The molecule has 1 heterocycles. The molecule has 11 nitrogen and oxygen atoms in total. The summed E-state index contributed by atoms with van der Waals surface area (Å²) >= 11 is 0. The number of allylic oxidation sites excluding steroid dienone is 5. The smallest absolute Gasteiger partial charge is 0.862 e. The van der Waals surface area contributed by atoms with E-state index in [-0.39, 0.29) is 51.5 Å². The second kappa shape index (κ2) is 13.8. The molecule has 5 atom stereocenters. The van der Waals surface area contributed by atoms with Gasteiger partial charge < -0.3 is 29.9 Å². The van der Waals surface area contributed by atoms with E-state index in [2.05, 4.69) is 4.99 Å². The van der Waals surface area contributed by atoms with E-state index in [9.17, 15) is 38.2 Å². The van der Waals surface area contributed by atoms with Crippen LogP contribution in [-0.2, 0) is 19.6 Å². The second-order valence-electron chi connectivity index (χ2n) is 9.76. The summed E-state index contributed by atoms with van der Waals surface area (Å²) in [4.78, 5) is 15.5. The zero-order valence-electron chi connectivity index (χ0n) is 23.5. The van der Waals surface area contributed by atoms with Gasteiger partial charge in [-0.2, -0.15) is 8.42 Å². The van der Waals surface area contributed by atoms with Gasteiger partial charge in [-0.25, -0.2) is 0 Å². The van der Waals surface area contributed by atoms with Gasteiger partial charge in [0, 0.05) is 5.56 Å². The molecule has 0 radical (unpaired) electrons. The van der Waals surface area contributed by atoms with E-state index in [0.717, 1.165) is 0 Å². The summed E-state index contributed by atoms with van der Waals surface area (Å²) in [5, 5.41) is 42.0. The molecule has 2 aliphatic rings. The number of aliphatic hydroxyl groups is 3. The molecule has 0 bridgehead atoms. The first-order valence-electron chi connectivity index (χ1n) is 12.6. The zero-order chi connectivity index (χ0) is 30.1. The van der Waals surface area contributed by atoms with Crippen LogP contribution in [0, 0.1) is 6.92 Å². The summed E-state index contributed by atoms with van der Waals surface area (Å²) in [5.74, 6) is -0.612. The predicted octanol–water partition coefficient (Wildman–Crippen LogP) is -1.90. The van der Waals surface area contributed by atoms with E-state index < -0.39 is 53.3 Å². The van der Waals surface area contributed by atoms with Crippen LogP contribution in [0.3, 0.4) is 0 Å². The molecule has 1 saturated heterocycles. The number of carbonyl (C=O) groups is 1. The average Bonchev–Trinajstić information content (AvgIpc) is 2.90. The Hall–Kier alpha value is -2.65. The molecule has 2 aromatic carbocycles. The standard InChI is InChI=1S/C29H31NO10S.Na/c1-15-12-18(33)8-10-20(15)25(22-6-4-5-7-24(22)41(36,37)38)21-11-9-19(13-16(21)2)39-29-26(30-17(3)32)28(35)27(34)23(14-31)40-29;/h4-13,23,26-29,31,34-35H,14H2,1-3H3,(H,30,32)(H,36,37,38);/q;+1/p-1/b25-20+;/t23-,26-,27-,28-,29-;/m1./s1. The Kier molecular flexibility index (Phi) is 11.1.